The standard InChI is InChI=1S/C17H20ClN3/c1-2-19-10-15-9-17(20-11-16(15)18)21-8-7-13-5-3-4-6-14(13)12-21/h3-6,9,11,19H,2,7-8,10,12H2,1H3. The summed E-state index contributed by atoms with van der Waals surface area (Å²) < 4.78 is 0. The predicted molar refractivity (Wildman–Crippen MR) is 87.8 cm³/mol. The van der Waals surface area contributed by atoms with Crippen molar-refractivity contribution in [1.29, 1.82) is 0 Å². The molecule has 1 aromatic heterocycles. The molecule has 1 aliphatic heterocycles. The van der Waals surface area contributed by atoms with E-state index in [0.29, 0.717) is 0 Å². The van der Waals surface area contributed by atoms with Crippen molar-refractivity contribution in [3.8, 4) is 0 Å². The van der Waals surface area contributed by atoms with Gasteiger partial charge in [0.05, 0.1) is 5.02 Å². The number of benzene rings is 1. The van der Waals surface area contributed by atoms with Gasteiger partial charge in [0.2, 0.25) is 0 Å². The van der Waals surface area contributed by atoms with E-state index in [9.17, 15) is 0 Å². The first kappa shape index (κ1) is 14.4. The second kappa shape index (κ2) is 6.46. The zero-order chi connectivity index (χ0) is 14.7. The van der Waals surface area contributed by atoms with E-state index in [4.69, 9.17) is 11.6 Å². The van der Waals surface area contributed by atoms with Crippen LogP contribution in [0.1, 0.15) is 23.6 Å². The van der Waals surface area contributed by atoms with Crippen LogP contribution in [0.15, 0.2) is 36.5 Å². The number of hydrogen-bond donors (Lipinski definition) is 1. The summed E-state index contributed by atoms with van der Waals surface area (Å²) in [5.41, 5.74) is 3.96. The first-order chi connectivity index (χ1) is 10.3. The lowest BCUT2D eigenvalue weighted by atomic mass is 10.00. The van der Waals surface area contributed by atoms with E-state index in [2.05, 4.69) is 52.5 Å². The summed E-state index contributed by atoms with van der Waals surface area (Å²) >= 11 is 6.23. The van der Waals surface area contributed by atoms with E-state index in [1.807, 2.05) is 0 Å². The van der Waals surface area contributed by atoms with Gasteiger partial charge in [0.15, 0.2) is 0 Å². The average Bonchev–Trinajstić information content (AvgIpc) is 2.53. The third-order valence-electron chi connectivity index (χ3n) is 3.94. The number of halogens is 1. The van der Waals surface area contributed by atoms with Crippen LogP contribution in [0.2, 0.25) is 5.02 Å². The van der Waals surface area contributed by atoms with Gasteiger partial charge in [0.25, 0.3) is 0 Å². The van der Waals surface area contributed by atoms with Crippen LogP contribution in [0.25, 0.3) is 0 Å². The number of pyridine rings is 1. The summed E-state index contributed by atoms with van der Waals surface area (Å²) in [5, 5.41) is 4.05. The van der Waals surface area contributed by atoms with Gasteiger partial charge >= 0.3 is 0 Å². The number of nitrogens with one attached hydrogen (secondary N) is 1. The van der Waals surface area contributed by atoms with Gasteiger partial charge in [-0.15, -0.1) is 0 Å². The highest BCUT2D eigenvalue weighted by Gasteiger charge is 2.17. The normalized spacial score (nSPS) is 14.1. The van der Waals surface area contributed by atoms with Crippen molar-refractivity contribution in [3.63, 3.8) is 0 Å². The van der Waals surface area contributed by atoms with Gasteiger partial charge in [-0.25, -0.2) is 4.98 Å². The molecule has 0 atom stereocenters. The highest BCUT2D eigenvalue weighted by atomic mass is 35.5. The van der Waals surface area contributed by atoms with Gasteiger partial charge in [-0.1, -0.05) is 42.8 Å². The first-order valence-electron chi connectivity index (χ1n) is 7.45. The molecule has 1 N–H and O–H groups in total. The van der Waals surface area contributed by atoms with Gasteiger partial charge in [0, 0.05) is 25.8 Å². The maximum absolute atomic E-state index is 6.23. The molecule has 0 aliphatic carbocycles. The maximum Gasteiger partial charge on any atom is 0.129 e. The number of anilines is 1. The Balaban J connectivity index is 1.81. The largest absolute Gasteiger partial charge is 0.352 e. The minimum atomic E-state index is 0.733. The van der Waals surface area contributed by atoms with Crippen LogP contribution < -0.4 is 10.2 Å². The molecule has 0 unspecified atom stereocenters. The first-order valence-corrected chi connectivity index (χ1v) is 7.82. The van der Waals surface area contributed by atoms with Crippen molar-refractivity contribution < 1.29 is 0 Å². The number of rotatable bonds is 4. The molecule has 3 rings (SSSR count). The Hall–Kier alpha value is -1.58. The fraction of sp³-hybridized carbons (Fsp3) is 0.353. The topological polar surface area (TPSA) is 28.2 Å². The molecule has 0 amide bonds. The summed E-state index contributed by atoms with van der Waals surface area (Å²) in [5.74, 6) is 1.02. The molecule has 1 aromatic carbocycles. The van der Waals surface area contributed by atoms with Gasteiger partial charge < -0.3 is 10.2 Å². The molecule has 0 spiro atoms. The van der Waals surface area contributed by atoms with Gasteiger partial charge in [0.1, 0.15) is 5.82 Å². The summed E-state index contributed by atoms with van der Waals surface area (Å²) in [4.78, 5) is 6.84. The highest BCUT2D eigenvalue weighted by Crippen LogP contribution is 2.25. The van der Waals surface area contributed by atoms with E-state index >= 15 is 0 Å². The molecular weight excluding hydrogens is 282 g/mol. The molecule has 0 saturated carbocycles. The van der Waals surface area contributed by atoms with Crippen molar-refractivity contribution in [1.82, 2.24) is 10.3 Å². The molecule has 1 aliphatic rings. The van der Waals surface area contributed by atoms with E-state index in [-0.39, 0.29) is 0 Å². The van der Waals surface area contributed by atoms with Crippen LogP contribution in [-0.4, -0.2) is 18.1 Å². The smallest absolute Gasteiger partial charge is 0.129 e. The van der Waals surface area contributed by atoms with E-state index in [0.717, 1.165) is 49.0 Å². The lowest BCUT2D eigenvalue weighted by Crippen LogP contribution is -2.31. The fourth-order valence-corrected chi connectivity index (χ4v) is 2.90. The molecule has 0 bridgehead atoms. The number of fused-ring (bicyclic) bond motifs is 1. The van der Waals surface area contributed by atoms with Gasteiger partial charge in [-0.3, -0.25) is 0 Å². The minimum Gasteiger partial charge on any atom is -0.352 e. The molecule has 2 aromatic rings. The second-order valence-corrected chi connectivity index (χ2v) is 5.76. The fourth-order valence-electron chi connectivity index (χ4n) is 2.73. The zero-order valence-corrected chi connectivity index (χ0v) is 13.0. The summed E-state index contributed by atoms with van der Waals surface area (Å²) in [6.45, 7) is 5.75. The molecule has 2 heterocycles. The van der Waals surface area contributed by atoms with E-state index < -0.39 is 0 Å². The van der Waals surface area contributed by atoms with Crippen LogP contribution in [0, 0.1) is 0 Å². The number of hydrogen-bond acceptors (Lipinski definition) is 3. The molecule has 0 saturated heterocycles. The van der Waals surface area contributed by atoms with Gasteiger partial charge in [-0.2, -0.15) is 0 Å². The molecular formula is C17H20ClN3. The Labute approximate surface area is 131 Å². The number of nitrogens with zero attached hydrogens (tertiary/aromatic N) is 2. The quantitative estimate of drug-likeness (QED) is 0.938. The Morgan fingerprint density at radius 2 is 2.10 bits per heavy atom. The summed E-state index contributed by atoms with van der Waals surface area (Å²) in [6, 6.07) is 10.8. The lowest BCUT2D eigenvalue weighted by Gasteiger charge is -2.30. The Bertz CT molecular complexity index is 627. The van der Waals surface area contributed by atoms with E-state index in [1.54, 1.807) is 6.20 Å². The highest BCUT2D eigenvalue weighted by molar-refractivity contribution is 6.31. The lowest BCUT2D eigenvalue weighted by molar-refractivity contribution is 0.709. The maximum atomic E-state index is 6.23. The second-order valence-electron chi connectivity index (χ2n) is 5.35. The van der Waals surface area contributed by atoms with Crippen LogP contribution in [0.4, 0.5) is 5.82 Å². The van der Waals surface area contributed by atoms with Crippen LogP contribution in [0.3, 0.4) is 0 Å². The molecule has 4 heteroatoms. The Kier molecular flexibility index (Phi) is 4.42. The molecule has 0 radical (unpaired) electrons. The van der Waals surface area contributed by atoms with Crippen LogP contribution >= 0.6 is 11.6 Å². The van der Waals surface area contributed by atoms with Crippen molar-refractivity contribution in [3.05, 3.63) is 58.2 Å². The van der Waals surface area contributed by atoms with Crippen LogP contribution in [-0.2, 0) is 19.5 Å². The molecule has 3 nitrogen and oxygen atoms in total. The van der Waals surface area contributed by atoms with Crippen LogP contribution in [0.5, 0.6) is 0 Å². The summed E-state index contributed by atoms with van der Waals surface area (Å²) in [6.07, 6.45) is 2.84. The van der Waals surface area contributed by atoms with E-state index in [1.165, 1.54) is 11.1 Å². The van der Waals surface area contributed by atoms with Gasteiger partial charge in [-0.05, 0) is 35.7 Å². The van der Waals surface area contributed by atoms with Crippen molar-refractivity contribution in [2.45, 2.75) is 26.4 Å². The van der Waals surface area contributed by atoms with Crippen molar-refractivity contribution >= 4 is 17.4 Å². The molecule has 21 heavy (non-hydrogen) atoms. The van der Waals surface area contributed by atoms with Crippen molar-refractivity contribution in [2.24, 2.45) is 0 Å². The minimum absolute atomic E-state index is 0.733. The molecule has 0 fully saturated rings. The Morgan fingerprint density at radius 3 is 2.90 bits per heavy atom. The monoisotopic (exact) mass is 301 g/mol. The average molecular weight is 302 g/mol. The molecule has 110 valence electrons. The predicted octanol–water partition coefficient (Wildman–Crippen LogP) is 3.41. The summed E-state index contributed by atoms with van der Waals surface area (Å²) in [7, 11) is 0. The zero-order valence-electron chi connectivity index (χ0n) is 12.3. The number of aromatic nitrogens is 1. The third-order valence-corrected chi connectivity index (χ3v) is 4.28. The third kappa shape index (κ3) is 3.20. The Morgan fingerprint density at radius 1 is 1.29 bits per heavy atom. The SMILES string of the molecule is CCNCc1cc(N2CCc3ccccc3C2)ncc1Cl. The van der Waals surface area contributed by atoms with Crippen molar-refractivity contribution in [2.75, 3.05) is 18.0 Å².